The van der Waals surface area contributed by atoms with Gasteiger partial charge in [-0.2, -0.15) is 0 Å². The molecule has 1 N–H and O–H groups in total. The monoisotopic (exact) mass is 494 g/mol. The van der Waals surface area contributed by atoms with E-state index in [-0.39, 0.29) is 5.91 Å². The maximum absolute atomic E-state index is 13.0. The van der Waals surface area contributed by atoms with E-state index in [1.54, 1.807) is 12.1 Å². The molecule has 0 radical (unpaired) electrons. The van der Waals surface area contributed by atoms with Crippen LogP contribution in [0.25, 0.3) is 32.6 Å². The molecule has 0 unspecified atom stereocenters. The number of nitrogens with one attached hydrogen (secondary N) is 1. The van der Waals surface area contributed by atoms with Gasteiger partial charge in [0.15, 0.2) is 5.58 Å². The van der Waals surface area contributed by atoms with Gasteiger partial charge in [0.2, 0.25) is 5.89 Å². The maximum Gasteiger partial charge on any atom is 0.267 e. The lowest BCUT2D eigenvalue weighted by atomic mass is 9.98. The molecule has 7 heteroatoms. The van der Waals surface area contributed by atoms with Crippen LogP contribution in [-0.4, -0.2) is 10.9 Å². The number of rotatable bonds is 5. The minimum Gasteiger partial charge on any atom is -0.436 e. The van der Waals surface area contributed by atoms with Crippen LogP contribution in [0, 0.1) is 0 Å². The third-order valence-corrected chi connectivity index (χ3v) is 7.80. The van der Waals surface area contributed by atoms with Crippen LogP contribution in [0.2, 0.25) is 10.0 Å². The molecule has 0 aliphatic carbocycles. The molecule has 0 saturated heterocycles. The Morgan fingerprint density at radius 2 is 1.94 bits per heavy atom. The number of carbonyl (C=O) groups excluding carboxylic acids is 1. The standard InChI is InChI=1S/C26H20Cl2N2O2S/c1-3-14(2)15-9-11-21-20(12-15)30-26(32-21)16-8-10-18(27)19(13-16)29-25(31)24-23(28)17-6-4-5-7-22(17)33-24/h4-14H,3H2,1-2H3,(H,29,31)/t14-/m1/s1. The van der Waals surface area contributed by atoms with Gasteiger partial charge in [-0.15, -0.1) is 11.3 Å². The van der Waals surface area contributed by atoms with E-state index in [1.807, 2.05) is 36.4 Å². The summed E-state index contributed by atoms with van der Waals surface area (Å²) in [6.07, 6.45) is 1.06. The highest BCUT2D eigenvalue weighted by Gasteiger charge is 2.19. The van der Waals surface area contributed by atoms with Crippen LogP contribution in [-0.2, 0) is 0 Å². The minimum absolute atomic E-state index is 0.309. The van der Waals surface area contributed by atoms with E-state index in [9.17, 15) is 4.79 Å². The van der Waals surface area contributed by atoms with Crippen molar-refractivity contribution in [2.75, 3.05) is 5.32 Å². The Labute approximate surface area is 205 Å². The Kier molecular flexibility index (Phi) is 5.87. The molecule has 0 saturated carbocycles. The molecule has 166 valence electrons. The fourth-order valence-electron chi connectivity index (χ4n) is 3.70. The van der Waals surface area contributed by atoms with Crippen LogP contribution in [0.3, 0.4) is 0 Å². The van der Waals surface area contributed by atoms with E-state index < -0.39 is 0 Å². The van der Waals surface area contributed by atoms with Gasteiger partial charge >= 0.3 is 0 Å². The highest BCUT2D eigenvalue weighted by molar-refractivity contribution is 7.21. The van der Waals surface area contributed by atoms with Gasteiger partial charge in [-0.05, 0) is 54.3 Å². The molecule has 1 atom stereocenters. The van der Waals surface area contributed by atoms with Crippen molar-refractivity contribution in [3.8, 4) is 11.5 Å². The van der Waals surface area contributed by atoms with Crippen LogP contribution in [0.4, 0.5) is 5.69 Å². The molecular weight excluding hydrogens is 475 g/mol. The Hall–Kier alpha value is -2.86. The van der Waals surface area contributed by atoms with E-state index in [4.69, 9.17) is 27.6 Å². The number of oxazole rings is 1. The molecule has 5 rings (SSSR count). The first-order valence-electron chi connectivity index (χ1n) is 10.6. The molecule has 5 aromatic rings. The highest BCUT2D eigenvalue weighted by Crippen LogP contribution is 2.37. The third kappa shape index (κ3) is 4.12. The predicted octanol–water partition coefficient (Wildman–Crippen LogP) is 8.78. The second-order valence-corrected chi connectivity index (χ2v) is 9.78. The van der Waals surface area contributed by atoms with Crippen molar-refractivity contribution < 1.29 is 9.21 Å². The third-order valence-electron chi connectivity index (χ3n) is 5.80. The van der Waals surface area contributed by atoms with Gasteiger partial charge in [0.1, 0.15) is 10.4 Å². The average molecular weight is 495 g/mol. The van der Waals surface area contributed by atoms with E-state index in [0.717, 1.165) is 33.2 Å². The summed E-state index contributed by atoms with van der Waals surface area (Å²) in [6, 6.07) is 19.1. The van der Waals surface area contributed by atoms with E-state index in [2.05, 4.69) is 36.3 Å². The highest BCUT2D eigenvalue weighted by atomic mass is 35.5. The van der Waals surface area contributed by atoms with Gasteiger partial charge in [0.25, 0.3) is 5.91 Å². The van der Waals surface area contributed by atoms with E-state index in [1.165, 1.54) is 16.9 Å². The van der Waals surface area contributed by atoms with Gasteiger partial charge < -0.3 is 9.73 Å². The van der Waals surface area contributed by atoms with Crippen LogP contribution >= 0.6 is 34.5 Å². The first-order chi connectivity index (χ1) is 15.9. The van der Waals surface area contributed by atoms with Gasteiger partial charge in [0.05, 0.1) is 15.7 Å². The number of nitrogens with zero attached hydrogens (tertiary/aromatic N) is 1. The Morgan fingerprint density at radius 3 is 2.73 bits per heavy atom. The number of hydrogen-bond acceptors (Lipinski definition) is 4. The number of hydrogen-bond donors (Lipinski definition) is 1. The molecule has 0 bridgehead atoms. The summed E-state index contributed by atoms with van der Waals surface area (Å²) in [5.41, 5.74) is 3.94. The summed E-state index contributed by atoms with van der Waals surface area (Å²) >= 11 is 14.2. The van der Waals surface area contributed by atoms with E-state index >= 15 is 0 Å². The Morgan fingerprint density at radius 1 is 1.12 bits per heavy atom. The largest absolute Gasteiger partial charge is 0.436 e. The molecule has 3 aromatic carbocycles. The molecule has 0 fully saturated rings. The molecule has 0 aliphatic heterocycles. The molecule has 0 spiro atoms. The lowest BCUT2D eigenvalue weighted by Gasteiger charge is -2.08. The number of benzene rings is 3. The second-order valence-electron chi connectivity index (χ2n) is 7.95. The van der Waals surface area contributed by atoms with E-state index in [0.29, 0.717) is 32.4 Å². The fraction of sp³-hybridized carbons (Fsp3) is 0.154. The van der Waals surface area contributed by atoms with Crippen molar-refractivity contribution in [1.29, 1.82) is 0 Å². The first kappa shape index (κ1) is 22.0. The molecular formula is C26H20Cl2N2O2S. The topological polar surface area (TPSA) is 55.1 Å². The summed E-state index contributed by atoms with van der Waals surface area (Å²) in [5, 5.41) is 4.61. The maximum atomic E-state index is 13.0. The summed E-state index contributed by atoms with van der Waals surface area (Å²) in [4.78, 5) is 18.1. The lowest BCUT2D eigenvalue weighted by Crippen LogP contribution is -2.11. The van der Waals surface area contributed by atoms with Gasteiger partial charge in [0, 0.05) is 15.6 Å². The van der Waals surface area contributed by atoms with Crippen molar-refractivity contribution in [1.82, 2.24) is 4.98 Å². The molecule has 4 nitrogen and oxygen atoms in total. The van der Waals surface area contributed by atoms with Gasteiger partial charge in [-0.3, -0.25) is 4.79 Å². The Bertz CT molecular complexity index is 1510. The van der Waals surface area contributed by atoms with Crippen LogP contribution in [0.15, 0.2) is 65.1 Å². The zero-order valence-corrected chi connectivity index (χ0v) is 20.3. The number of anilines is 1. The van der Waals surface area contributed by atoms with Crippen LogP contribution in [0.1, 0.15) is 41.4 Å². The Balaban J connectivity index is 1.46. The minimum atomic E-state index is -0.309. The second kappa shape index (κ2) is 8.82. The zero-order chi connectivity index (χ0) is 23.1. The average Bonchev–Trinajstić information content (AvgIpc) is 3.41. The molecule has 0 aliphatic rings. The summed E-state index contributed by atoms with van der Waals surface area (Å²) in [7, 11) is 0. The van der Waals surface area contributed by atoms with Crippen molar-refractivity contribution >= 4 is 67.3 Å². The summed E-state index contributed by atoms with van der Waals surface area (Å²) < 4.78 is 6.93. The summed E-state index contributed by atoms with van der Waals surface area (Å²) in [5.74, 6) is 0.613. The zero-order valence-electron chi connectivity index (χ0n) is 18.0. The normalized spacial score (nSPS) is 12.4. The van der Waals surface area contributed by atoms with Crippen molar-refractivity contribution in [3.63, 3.8) is 0 Å². The quantitative estimate of drug-likeness (QED) is 0.265. The van der Waals surface area contributed by atoms with Crippen LogP contribution < -0.4 is 5.32 Å². The molecule has 33 heavy (non-hydrogen) atoms. The number of halogens is 2. The number of aromatic nitrogens is 1. The first-order valence-corrected chi connectivity index (χ1v) is 12.2. The van der Waals surface area contributed by atoms with Crippen molar-refractivity contribution in [2.24, 2.45) is 0 Å². The number of carbonyl (C=O) groups is 1. The molecule has 1 amide bonds. The molecule has 2 heterocycles. The number of amides is 1. The number of thiophene rings is 1. The fourth-order valence-corrected chi connectivity index (χ4v) is 5.28. The van der Waals surface area contributed by atoms with Gasteiger partial charge in [-0.25, -0.2) is 4.98 Å². The van der Waals surface area contributed by atoms with Crippen molar-refractivity contribution in [2.45, 2.75) is 26.2 Å². The van der Waals surface area contributed by atoms with Gasteiger partial charge in [-0.1, -0.05) is 61.3 Å². The number of fused-ring (bicyclic) bond motifs is 2. The summed E-state index contributed by atoms with van der Waals surface area (Å²) in [6.45, 7) is 4.36. The van der Waals surface area contributed by atoms with Crippen LogP contribution in [0.5, 0.6) is 0 Å². The molecule has 2 aromatic heterocycles. The smallest absolute Gasteiger partial charge is 0.267 e. The SMILES string of the molecule is CC[C@@H](C)c1ccc2oc(-c3ccc(Cl)c(NC(=O)c4sc5ccccc5c4Cl)c3)nc2c1. The van der Waals surface area contributed by atoms with Crippen molar-refractivity contribution in [3.05, 3.63) is 81.1 Å². The lowest BCUT2D eigenvalue weighted by molar-refractivity contribution is 0.103. The predicted molar refractivity (Wildman–Crippen MR) is 138 cm³/mol.